The number of alkyl halides is 2. The van der Waals surface area contributed by atoms with Crippen molar-refractivity contribution in [3.8, 4) is 0 Å². The lowest BCUT2D eigenvalue weighted by Gasteiger charge is -2.18. The third-order valence-electron chi connectivity index (χ3n) is 2.33. The fourth-order valence-corrected chi connectivity index (χ4v) is 1.89. The summed E-state index contributed by atoms with van der Waals surface area (Å²) in [5, 5.41) is 8.42. The highest BCUT2D eigenvalue weighted by atomic mass is 35.5. The second kappa shape index (κ2) is 13.7. The summed E-state index contributed by atoms with van der Waals surface area (Å²) in [5.41, 5.74) is 0. The van der Waals surface area contributed by atoms with Crippen molar-refractivity contribution < 1.29 is 9.90 Å². The minimum absolute atomic E-state index is 0.209. The van der Waals surface area contributed by atoms with Crippen LogP contribution in [0.15, 0.2) is 36.4 Å². The topological polar surface area (TPSA) is 40.5 Å². The van der Waals surface area contributed by atoms with E-state index >= 15 is 0 Å². The highest BCUT2D eigenvalue weighted by Gasteiger charge is 2.04. The van der Waals surface area contributed by atoms with E-state index < -0.39 is 5.97 Å². The summed E-state index contributed by atoms with van der Waals surface area (Å²) in [7, 11) is 0. The molecule has 0 unspecified atom stereocenters. The van der Waals surface area contributed by atoms with Gasteiger partial charge in [-0.25, -0.2) is 0 Å². The van der Waals surface area contributed by atoms with Gasteiger partial charge in [-0.15, -0.1) is 23.2 Å². The van der Waals surface area contributed by atoms with Gasteiger partial charge in [0.05, 0.1) is 0 Å². The molecule has 108 valence electrons. The first-order chi connectivity index (χ1) is 9.20. The smallest absolute Gasteiger partial charge is 0.303 e. The number of carbonyl (C=O) groups is 1. The Hall–Kier alpha value is -0.770. The number of rotatable bonds is 8. The number of hydrogen-bond donors (Lipinski definition) is 1. The second-order valence-corrected chi connectivity index (χ2v) is 4.63. The van der Waals surface area contributed by atoms with Gasteiger partial charge < -0.3 is 10.0 Å². The zero-order valence-electron chi connectivity index (χ0n) is 11.0. The zero-order valence-corrected chi connectivity index (χ0v) is 12.5. The third kappa shape index (κ3) is 13.5. The van der Waals surface area contributed by atoms with E-state index in [0.29, 0.717) is 18.2 Å². The molecule has 0 bridgehead atoms. The molecular formula is C14H21Cl2NO2. The summed E-state index contributed by atoms with van der Waals surface area (Å²) >= 11 is 11.1. The van der Waals surface area contributed by atoms with Crippen molar-refractivity contribution in [3.05, 3.63) is 36.4 Å². The fraction of sp³-hybridized carbons (Fsp3) is 0.500. The highest BCUT2D eigenvalue weighted by Crippen LogP contribution is 1.97. The number of carboxylic acid groups (broad SMARTS) is 1. The van der Waals surface area contributed by atoms with Crippen molar-refractivity contribution in [2.24, 2.45) is 0 Å². The van der Waals surface area contributed by atoms with Crippen molar-refractivity contribution in [3.63, 3.8) is 0 Å². The lowest BCUT2D eigenvalue weighted by Crippen LogP contribution is -2.29. The van der Waals surface area contributed by atoms with Gasteiger partial charge in [0.25, 0.3) is 0 Å². The average Bonchev–Trinajstić information content (AvgIpc) is 2.41. The normalized spacial score (nSPS) is 9.84. The molecule has 0 aliphatic heterocycles. The Morgan fingerprint density at radius 3 is 1.63 bits per heavy atom. The summed E-state index contributed by atoms with van der Waals surface area (Å²) < 4.78 is 0. The Labute approximate surface area is 125 Å². The maximum Gasteiger partial charge on any atom is 0.303 e. The highest BCUT2D eigenvalue weighted by molar-refractivity contribution is 6.18. The van der Waals surface area contributed by atoms with Gasteiger partial charge >= 0.3 is 5.97 Å². The molecule has 19 heavy (non-hydrogen) atoms. The van der Waals surface area contributed by atoms with E-state index in [2.05, 4.69) is 4.90 Å². The zero-order chi connectivity index (χ0) is 14.3. The molecule has 1 N–H and O–H groups in total. The molecule has 0 aliphatic carbocycles. The summed E-state index contributed by atoms with van der Waals surface area (Å²) in [6.07, 6.45) is 0.865. The van der Waals surface area contributed by atoms with Crippen molar-refractivity contribution in [2.45, 2.75) is 12.8 Å². The van der Waals surface area contributed by atoms with Crippen LogP contribution in [0.4, 0.5) is 0 Å². The summed E-state index contributed by atoms with van der Waals surface area (Å²) in [4.78, 5) is 12.3. The Morgan fingerprint density at radius 1 is 0.895 bits per heavy atom. The van der Waals surface area contributed by atoms with Crippen molar-refractivity contribution >= 4 is 29.2 Å². The summed E-state index contributed by atoms with van der Waals surface area (Å²) in [6, 6.07) is 12.0. The minimum Gasteiger partial charge on any atom is -0.481 e. The molecule has 0 aliphatic rings. The van der Waals surface area contributed by atoms with Crippen molar-refractivity contribution in [2.75, 3.05) is 31.4 Å². The largest absolute Gasteiger partial charge is 0.481 e. The van der Waals surface area contributed by atoms with Crippen LogP contribution in [0.25, 0.3) is 0 Å². The van der Waals surface area contributed by atoms with Crippen LogP contribution < -0.4 is 0 Å². The minimum atomic E-state index is -0.753. The third-order valence-corrected chi connectivity index (χ3v) is 2.67. The van der Waals surface area contributed by atoms with Crippen LogP contribution in [-0.4, -0.2) is 47.4 Å². The molecule has 1 rings (SSSR count). The molecule has 0 fully saturated rings. The van der Waals surface area contributed by atoms with E-state index in [4.69, 9.17) is 28.3 Å². The first kappa shape index (κ1) is 18.2. The number of aliphatic carboxylic acids is 1. The van der Waals surface area contributed by atoms with E-state index in [1.807, 2.05) is 36.4 Å². The molecule has 1 aromatic rings. The van der Waals surface area contributed by atoms with Gasteiger partial charge in [0.2, 0.25) is 0 Å². The molecule has 0 aromatic heterocycles. The molecule has 0 radical (unpaired) electrons. The predicted octanol–water partition coefficient (Wildman–Crippen LogP) is 3.32. The lowest BCUT2D eigenvalue weighted by molar-refractivity contribution is -0.137. The Balaban J connectivity index is 0.000000443. The molecule has 0 atom stereocenters. The lowest BCUT2D eigenvalue weighted by atomic mass is 10.3. The van der Waals surface area contributed by atoms with Crippen molar-refractivity contribution in [1.29, 1.82) is 0 Å². The number of halogens is 2. The van der Waals surface area contributed by atoms with Crippen molar-refractivity contribution in [1.82, 2.24) is 4.90 Å². The van der Waals surface area contributed by atoms with Crippen LogP contribution in [0.2, 0.25) is 0 Å². The first-order valence-electron chi connectivity index (χ1n) is 6.26. The predicted molar refractivity (Wildman–Crippen MR) is 81.2 cm³/mol. The van der Waals surface area contributed by atoms with E-state index in [9.17, 15) is 4.79 Å². The van der Waals surface area contributed by atoms with Crippen LogP contribution >= 0.6 is 23.2 Å². The number of nitrogens with zero attached hydrogens (tertiary/aromatic N) is 1. The molecule has 0 spiro atoms. The maximum atomic E-state index is 10.2. The van der Waals surface area contributed by atoms with Crippen LogP contribution in [0.5, 0.6) is 0 Å². The van der Waals surface area contributed by atoms with Crippen LogP contribution in [-0.2, 0) is 4.79 Å². The van der Waals surface area contributed by atoms with Crippen LogP contribution in [0.1, 0.15) is 12.8 Å². The quantitative estimate of drug-likeness (QED) is 0.749. The number of hydrogen-bond acceptors (Lipinski definition) is 2. The monoisotopic (exact) mass is 305 g/mol. The van der Waals surface area contributed by atoms with E-state index in [1.165, 1.54) is 0 Å². The molecule has 0 saturated heterocycles. The summed E-state index contributed by atoms with van der Waals surface area (Å²) in [6.45, 7) is 2.30. The summed E-state index contributed by atoms with van der Waals surface area (Å²) in [5.74, 6) is 0.366. The van der Waals surface area contributed by atoms with Gasteiger partial charge in [0, 0.05) is 31.3 Å². The van der Waals surface area contributed by atoms with Crippen LogP contribution in [0.3, 0.4) is 0 Å². The molecule has 0 amide bonds. The molecule has 0 heterocycles. The van der Waals surface area contributed by atoms with Gasteiger partial charge in [-0.05, 0) is 13.0 Å². The Morgan fingerprint density at radius 2 is 1.32 bits per heavy atom. The van der Waals surface area contributed by atoms with Gasteiger partial charge in [-0.3, -0.25) is 4.79 Å². The second-order valence-electron chi connectivity index (χ2n) is 3.87. The number of carboxylic acids is 1. The first-order valence-corrected chi connectivity index (χ1v) is 7.33. The van der Waals surface area contributed by atoms with Gasteiger partial charge in [-0.2, -0.15) is 0 Å². The van der Waals surface area contributed by atoms with Gasteiger partial charge in [0.1, 0.15) is 0 Å². The standard InChI is InChI=1S/C8H15Cl2NO2.C6H6/c9-3-6-11(7-4-10)5-1-2-8(12)13;1-2-4-6-5-3-1/h1-7H2,(H,12,13);1-6H. The SMILES string of the molecule is O=C(O)CCCN(CCCl)CCCl.c1ccccc1. The van der Waals surface area contributed by atoms with Crippen LogP contribution in [0, 0.1) is 0 Å². The molecule has 0 saturated carbocycles. The number of benzene rings is 1. The molecule has 3 nitrogen and oxygen atoms in total. The maximum absolute atomic E-state index is 10.2. The van der Waals surface area contributed by atoms with Gasteiger partial charge in [0.15, 0.2) is 0 Å². The van der Waals surface area contributed by atoms with E-state index in [0.717, 1.165) is 19.6 Å². The van der Waals surface area contributed by atoms with E-state index in [1.54, 1.807) is 0 Å². The Bertz CT molecular complexity index is 277. The molecular weight excluding hydrogens is 285 g/mol. The fourth-order valence-electron chi connectivity index (χ4n) is 1.41. The molecule has 5 heteroatoms. The average molecular weight is 306 g/mol. The molecule has 1 aromatic carbocycles. The van der Waals surface area contributed by atoms with Gasteiger partial charge in [-0.1, -0.05) is 36.4 Å². The van der Waals surface area contributed by atoms with E-state index in [-0.39, 0.29) is 6.42 Å². The Kier molecular flexibility index (Phi) is 13.1.